The average Bonchev–Trinajstić information content (AvgIpc) is 2.49. The van der Waals surface area contributed by atoms with Crippen LogP contribution in [0.15, 0.2) is 48.7 Å². The van der Waals surface area contributed by atoms with E-state index in [0.29, 0.717) is 17.3 Å². The number of pyridine rings is 1. The first-order valence-electron chi connectivity index (χ1n) is 7.19. The maximum Gasteiger partial charge on any atom is 0.227 e. The van der Waals surface area contributed by atoms with E-state index in [2.05, 4.69) is 17.2 Å². The first kappa shape index (κ1) is 15.0. The fourth-order valence-corrected chi connectivity index (χ4v) is 1.98. The molecule has 4 heteroatoms. The van der Waals surface area contributed by atoms with Gasteiger partial charge in [-0.2, -0.15) is 0 Å². The van der Waals surface area contributed by atoms with Crippen LogP contribution in [0.1, 0.15) is 26.7 Å². The molecule has 1 atom stereocenters. The van der Waals surface area contributed by atoms with E-state index in [-0.39, 0.29) is 11.8 Å². The summed E-state index contributed by atoms with van der Waals surface area (Å²) >= 11 is 0. The van der Waals surface area contributed by atoms with Gasteiger partial charge in [-0.15, -0.1) is 0 Å². The highest BCUT2D eigenvalue weighted by atomic mass is 16.5. The zero-order chi connectivity index (χ0) is 15.1. The fourth-order valence-electron chi connectivity index (χ4n) is 1.98. The van der Waals surface area contributed by atoms with Crippen molar-refractivity contribution in [1.82, 2.24) is 4.98 Å². The van der Waals surface area contributed by atoms with Crippen LogP contribution in [-0.2, 0) is 4.79 Å². The Labute approximate surface area is 125 Å². The largest absolute Gasteiger partial charge is 0.439 e. The average molecular weight is 284 g/mol. The van der Waals surface area contributed by atoms with Crippen molar-refractivity contribution in [2.75, 3.05) is 5.32 Å². The van der Waals surface area contributed by atoms with Crippen molar-refractivity contribution in [2.45, 2.75) is 26.7 Å². The van der Waals surface area contributed by atoms with Gasteiger partial charge in [0, 0.05) is 23.9 Å². The minimum absolute atomic E-state index is 0.00153. The number of ether oxygens (including phenoxy) is 1. The van der Waals surface area contributed by atoms with Gasteiger partial charge in [-0.1, -0.05) is 38.5 Å². The molecule has 2 aromatic rings. The van der Waals surface area contributed by atoms with E-state index < -0.39 is 0 Å². The number of carbonyl (C=O) groups is 1. The number of anilines is 1. The molecule has 0 aliphatic rings. The first-order chi connectivity index (χ1) is 10.2. The summed E-state index contributed by atoms with van der Waals surface area (Å²) in [5.74, 6) is 1.20. The molecule has 1 heterocycles. The molecule has 1 unspecified atom stereocenters. The van der Waals surface area contributed by atoms with Crippen LogP contribution in [0.25, 0.3) is 0 Å². The Hall–Kier alpha value is -2.36. The number of para-hydroxylation sites is 1. The Morgan fingerprint density at radius 2 is 2.05 bits per heavy atom. The quantitative estimate of drug-likeness (QED) is 0.862. The number of nitrogens with zero attached hydrogens (tertiary/aromatic N) is 1. The monoisotopic (exact) mass is 284 g/mol. The summed E-state index contributed by atoms with van der Waals surface area (Å²) in [7, 11) is 0. The molecule has 1 aromatic carbocycles. The van der Waals surface area contributed by atoms with Crippen molar-refractivity contribution in [3.05, 3.63) is 48.7 Å². The minimum Gasteiger partial charge on any atom is -0.439 e. The molecule has 0 bridgehead atoms. The standard InChI is InChI=1S/C17H20N2O2/c1-3-7-13(2)17(20)19-14-10-11-18-16(12-14)21-15-8-5-4-6-9-15/h4-6,8-13H,3,7H2,1-2H3,(H,18,19,20). The summed E-state index contributed by atoms with van der Waals surface area (Å²) in [5, 5.41) is 2.89. The third-order valence-corrected chi connectivity index (χ3v) is 3.14. The van der Waals surface area contributed by atoms with Gasteiger partial charge < -0.3 is 10.1 Å². The zero-order valence-electron chi connectivity index (χ0n) is 12.4. The summed E-state index contributed by atoms with van der Waals surface area (Å²) in [6.07, 6.45) is 3.50. The van der Waals surface area contributed by atoms with Crippen molar-refractivity contribution >= 4 is 11.6 Å². The molecule has 0 saturated carbocycles. The third-order valence-electron chi connectivity index (χ3n) is 3.14. The van der Waals surface area contributed by atoms with Gasteiger partial charge in [0.15, 0.2) is 0 Å². The van der Waals surface area contributed by atoms with Gasteiger partial charge in [0.1, 0.15) is 5.75 Å². The number of amides is 1. The normalized spacial score (nSPS) is 11.7. The lowest BCUT2D eigenvalue weighted by Crippen LogP contribution is -2.20. The second-order valence-electron chi connectivity index (χ2n) is 4.98. The molecule has 2 rings (SSSR count). The Morgan fingerprint density at radius 1 is 1.29 bits per heavy atom. The van der Waals surface area contributed by atoms with E-state index in [0.717, 1.165) is 12.8 Å². The van der Waals surface area contributed by atoms with Crippen LogP contribution >= 0.6 is 0 Å². The highest BCUT2D eigenvalue weighted by molar-refractivity contribution is 5.92. The van der Waals surface area contributed by atoms with E-state index in [1.165, 1.54) is 0 Å². The number of aromatic nitrogens is 1. The smallest absolute Gasteiger partial charge is 0.227 e. The van der Waals surface area contributed by atoms with Crippen LogP contribution in [0.4, 0.5) is 5.69 Å². The SMILES string of the molecule is CCCC(C)C(=O)Nc1ccnc(Oc2ccccc2)c1. The van der Waals surface area contributed by atoms with Gasteiger partial charge in [-0.25, -0.2) is 4.98 Å². The molecule has 1 amide bonds. The summed E-state index contributed by atoms with van der Waals surface area (Å²) in [5.41, 5.74) is 0.698. The van der Waals surface area contributed by atoms with Crippen LogP contribution in [0.5, 0.6) is 11.6 Å². The predicted molar refractivity (Wildman–Crippen MR) is 83.5 cm³/mol. The van der Waals surface area contributed by atoms with Crippen LogP contribution in [0, 0.1) is 5.92 Å². The van der Waals surface area contributed by atoms with Gasteiger partial charge in [0.25, 0.3) is 0 Å². The van der Waals surface area contributed by atoms with Crippen LogP contribution < -0.4 is 10.1 Å². The molecule has 0 aliphatic carbocycles. The van der Waals surface area contributed by atoms with Gasteiger partial charge in [0.05, 0.1) is 0 Å². The molecule has 0 aliphatic heterocycles. The Balaban J connectivity index is 2.02. The topological polar surface area (TPSA) is 51.2 Å². The van der Waals surface area contributed by atoms with Crippen LogP contribution in [-0.4, -0.2) is 10.9 Å². The predicted octanol–water partition coefficient (Wildman–Crippen LogP) is 4.25. The zero-order valence-corrected chi connectivity index (χ0v) is 12.4. The highest BCUT2D eigenvalue weighted by Crippen LogP contribution is 2.21. The molecule has 0 fully saturated rings. The summed E-state index contributed by atoms with van der Waals surface area (Å²) in [4.78, 5) is 16.1. The number of rotatable bonds is 6. The minimum atomic E-state index is 0.00153. The Kier molecular flexibility index (Phi) is 5.32. The number of benzene rings is 1. The summed E-state index contributed by atoms with van der Waals surface area (Å²) in [6.45, 7) is 4.00. The molecule has 0 spiro atoms. The third kappa shape index (κ3) is 4.60. The highest BCUT2D eigenvalue weighted by Gasteiger charge is 2.12. The molecular formula is C17H20N2O2. The Morgan fingerprint density at radius 3 is 2.76 bits per heavy atom. The molecule has 21 heavy (non-hydrogen) atoms. The van der Waals surface area contributed by atoms with Gasteiger partial charge in [-0.3, -0.25) is 4.79 Å². The van der Waals surface area contributed by atoms with E-state index >= 15 is 0 Å². The number of hydrogen-bond acceptors (Lipinski definition) is 3. The van der Waals surface area contributed by atoms with E-state index in [9.17, 15) is 4.79 Å². The first-order valence-corrected chi connectivity index (χ1v) is 7.19. The van der Waals surface area contributed by atoms with E-state index in [1.54, 1.807) is 18.3 Å². The van der Waals surface area contributed by atoms with Crippen LogP contribution in [0.3, 0.4) is 0 Å². The van der Waals surface area contributed by atoms with Gasteiger partial charge in [0.2, 0.25) is 11.8 Å². The van der Waals surface area contributed by atoms with Crippen molar-refractivity contribution < 1.29 is 9.53 Å². The second kappa shape index (κ2) is 7.43. The molecular weight excluding hydrogens is 264 g/mol. The molecule has 1 N–H and O–H groups in total. The number of nitrogens with one attached hydrogen (secondary N) is 1. The molecule has 0 saturated heterocycles. The van der Waals surface area contributed by atoms with E-state index in [1.807, 2.05) is 37.3 Å². The lowest BCUT2D eigenvalue weighted by molar-refractivity contribution is -0.119. The maximum absolute atomic E-state index is 12.0. The van der Waals surface area contributed by atoms with Gasteiger partial charge in [-0.05, 0) is 24.6 Å². The number of carbonyl (C=O) groups excluding carboxylic acids is 1. The lowest BCUT2D eigenvalue weighted by atomic mass is 10.1. The molecule has 110 valence electrons. The van der Waals surface area contributed by atoms with Crippen LogP contribution in [0.2, 0.25) is 0 Å². The Bertz CT molecular complexity index is 584. The van der Waals surface area contributed by atoms with Gasteiger partial charge >= 0.3 is 0 Å². The molecule has 4 nitrogen and oxygen atoms in total. The van der Waals surface area contributed by atoms with Crippen molar-refractivity contribution in [3.63, 3.8) is 0 Å². The summed E-state index contributed by atoms with van der Waals surface area (Å²) in [6, 6.07) is 12.9. The fraction of sp³-hybridized carbons (Fsp3) is 0.294. The maximum atomic E-state index is 12.0. The lowest BCUT2D eigenvalue weighted by Gasteiger charge is -2.12. The second-order valence-corrected chi connectivity index (χ2v) is 4.98. The van der Waals surface area contributed by atoms with E-state index in [4.69, 9.17) is 4.74 Å². The number of hydrogen-bond donors (Lipinski definition) is 1. The van der Waals surface area contributed by atoms with Crippen molar-refractivity contribution in [2.24, 2.45) is 5.92 Å². The van der Waals surface area contributed by atoms with Crippen molar-refractivity contribution in [1.29, 1.82) is 0 Å². The summed E-state index contributed by atoms with van der Waals surface area (Å²) < 4.78 is 5.65. The molecule has 1 aromatic heterocycles. The molecule has 0 radical (unpaired) electrons. The van der Waals surface area contributed by atoms with Crippen molar-refractivity contribution in [3.8, 4) is 11.6 Å².